The molecule has 0 bridgehead atoms. The van der Waals surface area contributed by atoms with E-state index in [9.17, 15) is 0 Å². The lowest BCUT2D eigenvalue weighted by Gasteiger charge is -2.16. The summed E-state index contributed by atoms with van der Waals surface area (Å²) in [5.41, 5.74) is 9.19. The van der Waals surface area contributed by atoms with E-state index in [1.165, 1.54) is 36.0 Å². The predicted octanol–water partition coefficient (Wildman–Crippen LogP) is 4.92. The summed E-state index contributed by atoms with van der Waals surface area (Å²) in [7, 11) is 0. The van der Waals surface area contributed by atoms with Crippen molar-refractivity contribution in [1.82, 2.24) is 0 Å². The fraction of sp³-hybridized carbons (Fsp3) is 0.300. The van der Waals surface area contributed by atoms with Crippen molar-refractivity contribution in [2.45, 2.75) is 38.5 Å². The van der Waals surface area contributed by atoms with Crippen molar-refractivity contribution in [3.8, 4) is 0 Å². The van der Waals surface area contributed by atoms with Crippen LogP contribution in [0.1, 0.15) is 47.1 Å². The van der Waals surface area contributed by atoms with E-state index in [-0.39, 0.29) is 0 Å². The molecule has 20 heavy (non-hydrogen) atoms. The molecule has 0 amide bonds. The molecule has 2 aliphatic carbocycles. The largest absolute Gasteiger partial charge is 0.0649 e. The summed E-state index contributed by atoms with van der Waals surface area (Å²) in [6, 6.07) is 15.8. The third-order valence-electron chi connectivity index (χ3n) is 4.89. The Balaban J connectivity index is 1.72. The zero-order chi connectivity index (χ0) is 13.5. The van der Waals surface area contributed by atoms with Crippen molar-refractivity contribution < 1.29 is 0 Å². The number of hydrogen-bond donors (Lipinski definition) is 0. The molecule has 0 aliphatic heterocycles. The fourth-order valence-electron chi connectivity index (χ4n) is 3.80. The van der Waals surface area contributed by atoms with Gasteiger partial charge in [-0.05, 0) is 60.4 Å². The predicted molar refractivity (Wildman–Crippen MR) is 85.0 cm³/mol. The highest BCUT2D eigenvalue weighted by atomic mass is 14.3. The first-order valence-corrected chi connectivity index (χ1v) is 7.69. The molecule has 100 valence electrons. The first-order chi connectivity index (χ1) is 9.81. The van der Waals surface area contributed by atoms with E-state index in [0.717, 1.165) is 6.42 Å². The zero-order valence-corrected chi connectivity index (χ0v) is 12.0. The molecule has 2 aliphatic rings. The molecule has 4 rings (SSSR count). The highest BCUT2D eigenvalue weighted by Gasteiger charge is 2.25. The molecule has 0 nitrogen and oxygen atoms in total. The van der Waals surface area contributed by atoms with Gasteiger partial charge in [-0.2, -0.15) is 0 Å². The van der Waals surface area contributed by atoms with Crippen LogP contribution < -0.4 is 0 Å². The minimum atomic E-state index is 0.582. The average Bonchev–Trinajstić information content (AvgIpc) is 3.03. The molecule has 1 unspecified atom stereocenters. The lowest BCUT2D eigenvalue weighted by molar-refractivity contribution is 0.802. The standard InChI is InChI=1S/C20H20/c1-14-10-18-12-16-8-5-9-17(16)13-20(18)19(14)11-15-6-3-2-4-7-15/h2-4,6-7,10,12-13,19H,5,8-9,11H2,1H3. The molecule has 0 N–H and O–H groups in total. The molecular weight excluding hydrogens is 240 g/mol. The maximum atomic E-state index is 2.50. The van der Waals surface area contributed by atoms with Crippen LogP contribution in [0.3, 0.4) is 0 Å². The molecule has 0 radical (unpaired) electrons. The highest BCUT2D eigenvalue weighted by molar-refractivity contribution is 5.68. The van der Waals surface area contributed by atoms with Crippen molar-refractivity contribution in [3.05, 3.63) is 75.9 Å². The summed E-state index contributed by atoms with van der Waals surface area (Å²) in [5, 5.41) is 0. The van der Waals surface area contributed by atoms with Crippen LogP contribution in [-0.4, -0.2) is 0 Å². The average molecular weight is 260 g/mol. The smallest absolute Gasteiger partial charge is 0.00951 e. The molecule has 0 saturated carbocycles. The topological polar surface area (TPSA) is 0 Å². The van der Waals surface area contributed by atoms with Crippen LogP contribution >= 0.6 is 0 Å². The molecule has 0 saturated heterocycles. The number of aryl methyl sites for hydroxylation is 2. The minimum Gasteiger partial charge on any atom is -0.0649 e. The van der Waals surface area contributed by atoms with Gasteiger partial charge >= 0.3 is 0 Å². The Labute approximate surface area is 121 Å². The van der Waals surface area contributed by atoms with E-state index in [1.54, 1.807) is 16.7 Å². The van der Waals surface area contributed by atoms with Crippen LogP contribution in [0.4, 0.5) is 0 Å². The zero-order valence-electron chi connectivity index (χ0n) is 12.0. The number of allylic oxidation sites excluding steroid dienone is 1. The lowest BCUT2D eigenvalue weighted by atomic mass is 9.88. The van der Waals surface area contributed by atoms with Crippen LogP contribution in [0.2, 0.25) is 0 Å². The molecule has 0 fully saturated rings. The van der Waals surface area contributed by atoms with Crippen LogP contribution in [0.25, 0.3) is 6.08 Å². The van der Waals surface area contributed by atoms with Gasteiger partial charge in [0.25, 0.3) is 0 Å². The SMILES string of the molecule is CC1=Cc2cc3c(cc2C1Cc1ccccc1)CCC3. The second-order valence-electron chi connectivity index (χ2n) is 6.23. The molecule has 0 heterocycles. The number of hydrogen-bond acceptors (Lipinski definition) is 0. The van der Waals surface area contributed by atoms with Crippen LogP contribution in [0.15, 0.2) is 48.0 Å². The second kappa shape index (κ2) is 4.63. The third-order valence-corrected chi connectivity index (χ3v) is 4.89. The van der Waals surface area contributed by atoms with Gasteiger partial charge in [-0.25, -0.2) is 0 Å². The van der Waals surface area contributed by atoms with Gasteiger partial charge in [0.05, 0.1) is 0 Å². The van der Waals surface area contributed by atoms with Crippen molar-refractivity contribution in [1.29, 1.82) is 0 Å². The summed E-state index contributed by atoms with van der Waals surface area (Å²) in [5.74, 6) is 0.582. The van der Waals surface area contributed by atoms with Gasteiger partial charge in [-0.1, -0.05) is 54.1 Å². The van der Waals surface area contributed by atoms with Gasteiger partial charge in [0, 0.05) is 5.92 Å². The Morgan fingerprint density at radius 2 is 1.75 bits per heavy atom. The third kappa shape index (κ3) is 1.91. The van der Waals surface area contributed by atoms with Crippen molar-refractivity contribution in [2.24, 2.45) is 0 Å². The van der Waals surface area contributed by atoms with E-state index >= 15 is 0 Å². The minimum absolute atomic E-state index is 0.582. The monoisotopic (exact) mass is 260 g/mol. The van der Waals surface area contributed by atoms with Crippen molar-refractivity contribution in [2.75, 3.05) is 0 Å². The maximum absolute atomic E-state index is 2.50. The first kappa shape index (κ1) is 12.0. The highest BCUT2D eigenvalue weighted by Crippen LogP contribution is 2.41. The molecule has 2 aromatic rings. The summed E-state index contributed by atoms with van der Waals surface area (Å²) < 4.78 is 0. The van der Waals surface area contributed by atoms with Gasteiger partial charge in [0.15, 0.2) is 0 Å². The van der Waals surface area contributed by atoms with Crippen LogP contribution in [0.5, 0.6) is 0 Å². The van der Waals surface area contributed by atoms with Crippen LogP contribution in [0, 0.1) is 0 Å². The van der Waals surface area contributed by atoms with E-state index < -0.39 is 0 Å². The number of fused-ring (bicyclic) bond motifs is 2. The summed E-state index contributed by atoms with van der Waals surface area (Å²) >= 11 is 0. The Bertz CT molecular complexity index is 677. The molecule has 2 aromatic carbocycles. The molecule has 0 aromatic heterocycles. The van der Waals surface area contributed by atoms with Crippen molar-refractivity contribution >= 4 is 6.08 Å². The van der Waals surface area contributed by atoms with Crippen LogP contribution in [-0.2, 0) is 19.3 Å². The van der Waals surface area contributed by atoms with E-state index in [0.29, 0.717) is 5.92 Å². The summed E-state index contributed by atoms with van der Waals surface area (Å²) in [6.45, 7) is 2.29. The second-order valence-corrected chi connectivity index (χ2v) is 6.23. The maximum Gasteiger partial charge on any atom is 0.00951 e. The molecule has 0 spiro atoms. The van der Waals surface area contributed by atoms with E-state index in [1.807, 2.05) is 0 Å². The summed E-state index contributed by atoms with van der Waals surface area (Å²) in [4.78, 5) is 0. The van der Waals surface area contributed by atoms with Gasteiger partial charge < -0.3 is 0 Å². The number of rotatable bonds is 2. The Morgan fingerprint density at radius 1 is 1.00 bits per heavy atom. The number of benzene rings is 2. The van der Waals surface area contributed by atoms with Gasteiger partial charge in [-0.3, -0.25) is 0 Å². The van der Waals surface area contributed by atoms with E-state index in [2.05, 4.69) is 55.5 Å². The summed E-state index contributed by atoms with van der Waals surface area (Å²) in [6.07, 6.45) is 7.43. The Hall–Kier alpha value is -1.82. The first-order valence-electron chi connectivity index (χ1n) is 7.69. The molecular formula is C20H20. The fourth-order valence-corrected chi connectivity index (χ4v) is 3.80. The van der Waals surface area contributed by atoms with Gasteiger partial charge in [0.1, 0.15) is 0 Å². The Morgan fingerprint density at radius 3 is 2.55 bits per heavy atom. The molecule has 0 heteroatoms. The van der Waals surface area contributed by atoms with Gasteiger partial charge in [0.2, 0.25) is 0 Å². The van der Waals surface area contributed by atoms with E-state index in [4.69, 9.17) is 0 Å². The normalized spacial score (nSPS) is 19.6. The molecule has 1 atom stereocenters. The van der Waals surface area contributed by atoms with Crippen molar-refractivity contribution in [3.63, 3.8) is 0 Å². The quantitative estimate of drug-likeness (QED) is 0.719. The Kier molecular flexibility index (Phi) is 2.77. The lowest BCUT2D eigenvalue weighted by Crippen LogP contribution is -2.02. The van der Waals surface area contributed by atoms with Gasteiger partial charge in [-0.15, -0.1) is 0 Å².